The minimum Gasteiger partial charge on any atom is -0.374 e. The van der Waals surface area contributed by atoms with E-state index in [2.05, 4.69) is 29.0 Å². The summed E-state index contributed by atoms with van der Waals surface area (Å²) in [5.41, 5.74) is 0. The van der Waals surface area contributed by atoms with Gasteiger partial charge in [0.1, 0.15) is 0 Å². The van der Waals surface area contributed by atoms with Gasteiger partial charge in [0.2, 0.25) is 0 Å². The fourth-order valence-corrected chi connectivity index (χ4v) is 2.96. The molecule has 2 unspecified atom stereocenters. The van der Waals surface area contributed by atoms with E-state index < -0.39 is 0 Å². The third-order valence-corrected chi connectivity index (χ3v) is 4.04. The largest absolute Gasteiger partial charge is 0.374 e. The maximum Gasteiger partial charge on any atom is 0.0826 e. The number of ether oxygens (including phenoxy) is 1. The Bertz CT molecular complexity index is 233. The first-order valence-electron chi connectivity index (χ1n) is 6.95. The van der Waals surface area contributed by atoms with Crippen LogP contribution in [-0.4, -0.2) is 74.4 Å². The Kier molecular flexibility index (Phi) is 4.79. The Labute approximate surface area is 105 Å². The second-order valence-electron chi connectivity index (χ2n) is 5.58. The van der Waals surface area contributed by atoms with E-state index in [-0.39, 0.29) is 0 Å². The van der Waals surface area contributed by atoms with Gasteiger partial charge in [0.05, 0.1) is 12.7 Å². The molecule has 2 heterocycles. The molecule has 1 N–H and O–H groups in total. The van der Waals surface area contributed by atoms with Gasteiger partial charge in [0.15, 0.2) is 0 Å². The van der Waals surface area contributed by atoms with Crippen molar-refractivity contribution >= 4 is 0 Å². The van der Waals surface area contributed by atoms with Crippen molar-refractivity contribution in [1.29, 1.82) is 0 Å². The second kappa shape index (κ2) is 6.14. The molecule has 4 heteroatoms. The smallest absolute Gasteiger partial charge is 0.0826 e. The highest BCUT2D eigenvalue weighted by Gasteiger charge is 2.31. The van der Waals surface area contributed by atoms with Gasteiger partial charge in [-0.05, 0) is 27.3 Å². The topological polar surface area (TPSA) is 27.7 Å². The zero-order valence-corrected chi connectivity index (χ0v) is 11.5. The Hall–Kier alpha value is -0.160. The predicted octanol–water partition coefficient (Wildman–Crippen LogP) is 0.389. The molecule has 2 atom stereocenters. The number of morpholine rings is 1. The van der Waals surface area contributed by atoms with E-state index in [1.807, 2.05) is 7.05 Å². The fourth-order valence-electron chi connectivity index (χ4n) is 2.96. The highest BCUT2D eigenvalue weighted by atomic mass is 16.5. The third kappa shape index (κ3) is 3.41. The SMILES string of the molecule is CNCC1CN(C2CCN(C(C)C)C2)CCO1. The van der Waals surface area contributed by atoms with Crippen LogP contribution in [0.4, 0.5) is 0 Å². The first kappa shape index (κ1) is 13.3. The number of likely N-dealkylation sites (tertiary alicyclic amines) is 1. The predicted molar refractivity (Wildman–Crippen MR) is 70.4 cm³/mol. The van der Waals surface area contributed by atoms with Crippen LogP contribution in [0.1, 0.15) is 20.3 Å². The molecule has 0 radical (unpaired) electrons. The van der Waals surface area contributed by atoms with Crippen LogP contribution >= 0.6 is 0 Å². The summed E-state index contributed by atoms with van der Waals surface area (Å²) in [7, 11) is 2.00. The molecule has 17 heavy (non-hydrogen) atoms. The average molecular weight is 241 g/mol. The van der Waals surface area contributed by atoms with Crippen LogP contribution in [-0.2, 0) is 4.74 Å². The van der Waals surface area contributed by atoms with Crippen molar-refractivity contribution in [2.75, 3.05) is 46.4 Å². The molecule has 0 aromatic rings. The third-order valence-electron chi connectivity index (χ3n) is 4.04. The molecule has 0 saturated carbocycles. The van der Waals surface area contributed by atoms with E-state index in [0.717, 1.165) is 32.3 Å². The van der Waals surface area contributed by atoms with E-state index in [0.29, 0.717) is 12.1 Å². The number of nitrogens with one attached hydrogen (secondary N) is 1. The van der Waals surface area contributed by atoms with Crippen LogP contribution < -0.4 is 5.32 Å². The number of nitrogens with zero attached hydrogens (tertiary/aromatic N) is 2. The van der Waals surface area contributed by atoms with Crippen molar-refractivity contribution in [2.45, 2.75) is 38.5 Å². The van der Waals surface area contributed by atoms with Gasteiger partial charge >= 0.3 is 0 Å². The van der Waals surface area contributed by atoms with Gasteiger partial charge in [0.25, 0.3) is 0 Å². The summed E-state index contributed by atoms with van der Waals surface area (Å²) in [6.07, 6.45) is 1.70. The summed E-state index contributed by atoms with van der Waals surface area (Å²) in [6, 6.07) is 1.44. The lowest BCUT2D eigenvalue weighted by molar-refractivity contribution is -0.0399. The van der Waals surface area contributed by atoms with Gasteiger partial charge in [-0.2, -0.15) is 0 Å². The molecule has 0 aromatic heterocycles. The minimum absolute atomic E-state index is 0.377. The van der Waals surface area contributed by atoms with Crippen molar-refractivity contribution in [2.24, 2.45) is 0 Å². The number of hydrogen-bond donors (Lipinski definition) is 1. The van der Waals surface area contributed by atoms with Crippen LogP contribution in [0.3, 0.4) is 0 Å². The molecule has 2 aliphatic rings. The van der Waals surface area contributed by atoms with Crippen LogP contribution in [0.2, 0.25) is 0 Å². The number of hydrogen-bond acceptors (Lipinski definition) is 4. The minimum atomic E-state index is 0.377. The summed E-state index contributed by atoms with van der Waals surface area (Å²) >= 11 is 0. The van der Waals surface area contributed by atoms with Crippen LogP contribution in [0.5, 0.6) is 0 Å². The standard InChI is InChI=1S/C13H27N3O/c1-11(2)15-5-4-12(9-15)16-6-7-17-13(10-16)8-14-3/h11-14H,4-10H2,1-3H3. The van der Waals surface area contributed by atoms with Crippen molar-refractivity contribution in [3.8, 4) is 0 Å². The Morgan fingerprint density at radius 3 is 2.76 bits per heavy atom. The summed E-state index contributed by atoms with van der Waals surface area (Å²) < 4.78 is 5.76. The number of likely N-dealkylation sites (N-methyl/N-ethyl adjacent to an activating group) is 1. The van der Waals surface area contributed by atoms with Crippen LogP contribution in [0, 0.1) is 0 Å². The van der Waals surface area contributed by atoms with Crippen molar-refractivity contribution < 1.29 is 4.74 Å². The quantitative estimate of drug-likeness (QED) is 0.770. The molecular formula is C13H27N3O. The molecule has 2 aliphatic heterocycles. The van der Waals surface area contributed by atoms with Gasteiger partial charge in [-0.25, -0.2) is 0 Å². The van der Waals surface area contributed by atoms with E-state index in [1.54, 1.807) is 0 Å². The maximum absolute atomic E-state index is 5.76. The monoisotopic (exact) mass is 241 g/mol. The lowest BCUT2D eigenvalue weighted by Gasteiger charge is -2.37. The molecule has 100 valence electrons. The van der Waals surface area contributed by atoms with Crippen LogP contribution in [0.15, 0.2) is 0 Å². The average Bonchev–Trinajstić information content (AvgIpc) is 2.79. The Morgan fingerprint density at radius 2 is 2.12 bits per heavy atom. The van der Waals surface area contributed by atoms with Crippen molar-refractivity contribution in [3.63, 3.8) is 0 Å². The van der Waals surface area contributed by atoms with E-state index in [1.165, 1.54) is 19.5 Å². The summed E-state index contributed by atoms with van der Waals surface area (Å²) in [6.45, 7) is 11.2. The first-order valence-corrected chi connectivity index (χ1v) is 6.95. The second-order valence-corrected chi connectivity index (χ2v) is 5.58. The molecule has 0 aromatic carbocycles. The normalized spacial score (nSPS) is 32.5. The van der Waals surface area contributed by atoms with Gasteiger partial charge in [-0.3, -0.25) is 9.80 Å². The molecule has 0 aliphatic carbocycles. The van der Waals surface area contributed by atoms with Crippen molar-refractivity contribution in [3.05, 3.63) is 0 Å². The zero-order valence-electron chi connectivity index (χ0n) is 11.5. The Morgan fingerprint density at radius 1 is 1.29 bits per heavy atom. The van der Waals surface area contributed by atoms with Gasteiger partial charge in [0, 0.05) is 44.8 Å². The van der Waals surface area contributed by atoms with E-state index >= 15 is 0 Å². The highest BCUT2D eigenvalue weighted by molar-refractivity contribution is 4.87. The van der Waals surface area contributed by atoms with Crippen LogP contribution in [0.25, 0.3) is 0 Å². The Balaban J connectivity index is 1.82. The fraction of sp³-hybridized carbons (Fsp3) is 1.00. The molecule has 0 bridgehead atoms. The lowest BCUT2D eigenvalue weighted by atomic mass is 10.1. The summed E-state index contributed by atoms with van der Waals surface area (Å²) in [5.74, 6) is 0. The first-order chi connectivity index (χ1) is 8.20. The summed E-state index contributed by atoms with van der Waals surface area (Å²) in [5, 5.41) is 3.21. The number of rotatable bonds is 4. The molecule has 0 spiro atoms. The molecular weight excluding hydrogens is 214 g/mol. The van der Waals surface area contributed by atoms with Crippen molar-refractivity contribution in [1.82, 2.24) is 15.1 Å². The molecule has 4 nitrogen and oxygen atoms in total. The zero-order chi connectivity index (χ0) is 12.3. The van der Waals surface area contributed by atoms with E-state index in [4.69, 9.17) is 4.74 Å². The maximum atomic E-state index is 5.76. The highest BCUT2D eigenvalue weighted by Crippen LogP contribution is 2.20. The lowest BCUT2D eigenvalue weighted by Crippen LogP contribution is -2.51. The van der Waals surface area contributed by atoms with E-state index in [9.17, 15) is 0 Å². The molecule has 2 fully saturated rings. The summed E-state index contributed by atoms with van der Waals surface area (Å²) in [4.78, 5) is 5.22. The molecule has 2 saturated heterocycles. The molecule has 2 rings (SSSR count). The molecule has 0 amide bonds. The van der Waals surface area contributed by atoms with Gasteiger partial charge < -0.3 is 10.1 Å². The van der Waals surface area contributed by atoms with Gasteiger partial charge in [-0.15, -0.1) is 0 Å². The van der Waals surface area contributed by atoms with Gasteiger partial charge in [-0.1, -0.05) is 0 Å².